The summed E-state index contributed by atoms with van der Waals surface area (Å²) in [5.41, 5.74) is 0.834. The lowest BCUT2D eigenvalue weighted by Gasteiger charge is -2.36. The molecule has 0 amide bonds. The number of anilines is 1. The van der Waals surface area contributed by atoms with E-state index in [1.165, 1.54) is 12.1 Å². The molecule has 6 heteroatoms. The molecule has 1 heterocycles. The molecule has 1 fully saturated rings. The van der Waals surface area contributed by atoms with Crippen LogP contribution < -0.4 is 4.90 Å². The van der Waals surface area contributed by atoms with Crippen molar-refractivity contribution < 1.29 is 10.0 Å². The fraction of sp³-hybridized carbons (Fsp3) is 0.462. The van der Waals surface area contributed by atoms with Gasteiger partial charge < -0.3 is 10.0 Å². The van der Waals surface area contributed by atoms with Crippen LogP contribution in [0.4, 0.5) is 11.4 Å². The number of nitrogens with zero attached hydrogens (tertiary/aromatic N) is 3. The van der Waals surface area contributed by atoms with E-state index in [0.717, 1.165) is 13.0 Å². The number of nitro benzene ring substituents is 1. The van der Waals surface area contributed by atoms with Gasteiger partial charge in [0.2, 0.25) is 0 Å². The number of piperidine rings is 1. The third kappa shape index (κ3) is 2.66. The van der Waals surface area contributed by atoms with Gasteiger partial charge in [-0.2, -0.15) is 5.26 Å². The van der Waals surface area contributed by atoms with Gasteiger partial charge >= 0.3 is 0 Å². The van der Waals surface area contributed by atoms with Crippen LogP contribution >= 0.6 is 0 Å². The molecule has 0 aromatic heterocycles. The van der Waals surface area contributed by atoms with Gasteiger partial charge in [0.25, 0.3) is 5.69 Å². The number of benzene rings is 1. The lowest BCUT2D eigenvalue weighted by Crippen LogP contribution is -2.43. The van der Waals surface area contributed by atoms with Crippen molar-refractivity contribution in [1.82, 2.24) is 0 Å². The maximum absolute atomic E-state index is 10.7. The number of aliphatic hydroxyl groups is 1. The molecule has 0 saturated carbocycles. The van der Waals surface area contributed by atoms with Gasteiger partial charge in [-0.3, -0.25) is 10.1 Å². The van der Waals surface area contributed by atoms with Crippen LogP contribution in [-0.4, -0.2) is 29.2 Å². The molecule has 0 radical (unpaired) electrons. The Balaban J connectivity index is 2.30. The van der Waals surface area contributed by atoms with E-state index in [9.17, 15) is 15.2 Å². The smallest absolute Gasteiger partial charge is 0.270 e. The quantitative estimate of drug-likeness (QED) is 0.646. The highest BCUT2D eigenvalue weighted by atomic mass is 16.6. The van der Waals surface area contributed by atoms with Crippen LogP contribution in [-0.2, 0) is 0 Å². The highest BCUT2D eigenvalue weighted by molar-refractivity contribution is 5.63. The third-order valence-electron chi connectivity index (χ3n) is 3.57. The van der Waals surface area contributed by atoms with E-state index in [4.69, 9.17) is 5.26 Å². The van der Waals surface area contributed by atoms with Gasteiger partial charge in [-0.15, -0.1) is 0 Å². The van der Waals surface area contributed by atoms with Gasteiger partial charge in [0, 0.05) is 25.2 Å². The number of nitro groups is 1. The van der Waals surface area contributed by atoms with Gasteiger partial charge in [0.15, 0.2) is 0 Å². The van der Waals surface area contributed by atoms with Gasteiger partial charge in [-0.25, -0.2) is 0 Å². The summed E-state index contributed by atoms with van der Waals surface area (Å²) in [6, 6.07) is 6.24. The van der Waals surface area contributed by atoms with Crippen LogP contribution in [0.2, 0.25) is 0 Å². The summed E-state index contributed by atoms with van der Waals surface area (Å²) >= 11 is 0. The molecule has 0 bridgehead atoms. The van der Waals surface area contributed by atoms with Crippen LogP contribution in [0.25, 0.3) is 0 Å². The van der Waals surface area contributed by atoms with Gasteiger partial charge in [0.1, 0.15) is 6.07 Å². The Hall–Kier alpha value is -2.13. The second-order valence-corrected chi connectivity index (χ2v) is 4.85. The first kappa shape index (κ1) is 13.3. The topological polar surface area (TPSA) is 90.4 Å². The molecule has 0 aliphatic carbocycles. The van der Waals surface area contributed by atoms with E-state index in [1.807, 2.05) is 17.9 Å². The summed E-state index contributed by atoms with van der Waals surface area (Å²) in [6.45, 7) is 3.18. The van der Waals surface area contributed by atoms with Gasteiger partial charge in [-0.05, 0) is 18.4 Å². The second kappa shape index (κ2) is 5.24. The largest absolute Gasteiger partial charge is 0.391 e. The highest BCUT2D eigenvalue weighted by Gasteiger charge is 2.26. The van der Waals surface area contributed by atoms with E-state index >= 15 is 0 Å². The van der Waals surface area contributed by atoms with Crippen LogP contribution in [0.1, 0.15) is 18.9 Å². The first-order valence-electron chi connectivity index (χ1n) is 6.14. The standard InChI is InChI=1S/C13H15N3O3/c1-9-4-5-15(8-13(9)17)12-3-2-11(16(18)19)6-10(12)7-14/h2-3,6,9,13,17H,4-5,8H2,1H3. The van der Waals surface area contributed by atoms with Crippen molar-refractivity contribution in [2.45, 2.75) is 19.4 Å². The summed E-state index contributed by atoms with van der Waals surface area (Å²) in [7, 11) is 0. The van der Waals surface area contributed by atoms with Crippen LogP contribution in [0.15, 0.2) is 18.2 Å². The Morgan fingerprint density at radius 2 is 2.32 bits per heavy atom. The van der Waals surface area contributed by atoms with E-state index in [0.29, 0.717) is 12.2 Å². The van der Waals surface area contributed by atoms with E-state index in [2.05, 4.69) is 0 Å². The Morgan fingerprint density at radius 1 is 1.58 bits per heavy atom. The molecule has 1 N–H and O–H groups in total. The minimum Gasteiger partial charge on any atom is -0.391 e. The van der Waals surface area contributed by atoms with E-state index < -0.39 is 11.0 Å². The highest BCUT2D eigenvalue weighted by Crippen LogP contribution is 2.28. The molecule has 2 unspecified atom stereocenters. The fourth-order valence-electron chi connectivity index (χ4n) is 2.27. The van der Waals surface area contributed by atoms with Crippen molar-refractivity contribution >= 4 is 11.4 Å². The van der Waals surface area contributed by atoms with Gasteiger partial charge in [-0.1, -0.05) is 6.92 Å². The molecular weight excluding hydrogens is 246 g/mol. The molecule has 2 rings (SSSR count). The number of hydrogen-bond acceptors (Lipinski definition) is 5. The number of aliphatic hydroxyl groups excluding tert-OH is 1. The normalized spacial score (nSPS) is 22.9. The van der Waals surface area contributed by atoms with Crippen molar-refractivity contribution in [3.8, 4) is 6.07 Å². The van der Waals surface area contributed by atoms with Crippen LogP contribution in [0, 0.1) is 27.4 Å². The predicted molar refractivity (Wildman–Crippen MR) is 69.8 cm³/mol. The van der Waals surface area contributed by atoms with E-state index in [-0.39, 0.29) is 17.2 Å². The molecule has 0 spiro atoms. The molecule has 19 heavy (non-hydrogen) atoms. The van der Waals surface area contributed by atoms with Crippen molar-refractivity contribution in [3.05, 3.63) is 33.9 Å². The van der Waals surface area contributed by atoms with Crippen LogP contribution in [0.3, 0.4) is 0 Å². The monoisotopic (exact) mass is 261 g/mol. The predicted octanol–water partition coefficient (Wildman–Crippen LogP) is 1.67. The molecule has 1 aliphatic rings. The minimum absolute atomic E-state index is 0.0915. The van der Waals surface area contributed by atoms with Gasteiger partial charge in [0.05, 0.1) is 22.3 Å². The maximum atomic E-state index is 10.7. The summed E-state index contributed by atoms with van der Waals surface area (Å²) in [5, 5.41) is 29.7. The number of β-amino-alcohol motifs (C(OH)–C–C–N with tert-alkyl or cyclic N) is 1. The molecule has 2 atom stereocenters. The summed E-state index contributed by atoms with van der Waals surface area (Å²) in [6.07, 6.45) is 0.402. The van der Waals surface area contributed by atoms with Crippen LogP contribution in [0.5, 0.6) is 0 Å². The van der Waals surface area contributed by atoms with Crippen molar-refractivity contribution in [3.63, 3.8) is 0 Å². The minimum atomic E-state index is -0.516. The first-order chi connectivity index (χ1) is 9.02. The summed E-state index contributed by atoms with van der Waals surface area (Å²) in [5.74, 6) is 0.236. The second-order valence-electron chi connectivity index (χ2n) is 4.85. The van der Waals surface area contributed by atoms with Crippen molar-refractivity contribution in [2.24, 2.45) is 5.92 Å². The average molecular weight is 261 g/mol. The number of non-ortho nitro benzene ring substituents is 1. The number of hydrogen-bond donors (Lipinski definition) is 1. The maximum Gasteiger partial charge on any atom is 0.270 e. The van der Waals surface area contributed by atoms with Crippen molar-refractivity contribution in [1.29, 1.82) is 5.26 Å². The Morgan fingerprint density at radius 3 is 2.89 bits per heavy atom. The number of nitriles is 1. The molecule has 100 valence electrons. The molecule has 1 saturated heterocycles. The zero-order valence-electron chi connectivity index (χ0n) is 10.6. The summed E-state index contributed by atoms with van der Waals surface area (Å²) < 4.78 is 0. The zero-order chi connectivity index (χ0) is 14.0. The molecule has 1 aliphatic heterocycles. The average Bonchev–Trinajstić information content (AvgIpc) is 2.41. The lowest BCUT2D eigenvalue weighted by atomic mass is 9.95. The van der Waals surface area contributed by atoms with Crippen molar-refractivity contribution in [2.75, 3.05) is 18.0 Å². The summed E-state index contributed by atoms with van der Waals surface area (Å²) in [4.78, 5) is 12.1. The fourth-order valence-corrected chi connectivity index (χ4v) is 2.27. The Labute approximate surface area is 111 Å². The molecule has 1 aromatic rings. The molecule has 1 aromatic carbocycles. The number of rotatable bonds is 2. The molecule has 6 nitrogen and oxygen atoms in total. The molecular formula is C13H15N3O3. The lowest BCUT2D eigenvalue weighted by molar-refractivity contribution is -0.384. The third-order valence-corrected chi connectivity index (χ3v) is 3.57. The first-order valence-corrected chi connectivity index (χ1v) is 6.14. The zero-order valence-corrected chi connectivity index (χ0v) is 10.6. The van der Waals surface area contributed by atoms with E-state index in [1.54, 1.807) is 6.07 Å². The Bertz CT molecular complexity index is 538. The SMILES string of the molecule is CC1CCN(c2ccc([N+](=O)[O-])cc2C#N)CC1O. The Kier molecular flexibility index (Phi) is 3.67.